The van der Waals surface area contributed by atoms with Crippen molar-refractivity contribution in [3.8, 4) is 0 Å². The van der Waals surface area contributed by atoms with Crippen LogP contribution in [0.3, 0.4) is 0 Å². The second kappa shape index (κ2) is 5.60. The second-order valence-corrected chi connectivity index (χ2v) is 5.50. The number of carbonyl (C=O) groups is 1. The van der Waals surface area contributed by atoms with Gasteiger partial charge in [0.15, 0.2) is 0 Å². The molecule has 0 fully saturated rings. The molecule has 2 heterocycles. The largest absolute Gasteiger partial charge is 0.481 e. The Morgan fingerprint density at radius 3 is 2.95 bits per heavy atom. The molecule has 0 amide bonds. The van der Waals surface area contributed by atoms with Crippen LogP contribution in [0, 0.1) is 0 Å². The minimum absolute atomic E-state index is 0.0834. The van der Waals surface area contributed by atoms with E-state index in [0.717, 1.165) is 36.6 Å². The maximum Gasteiger partial charge on any atom is 0.304 e. The van der Waals surface area contributed by atoms with Gasteiger partial charge in [-0.3, -0.25) is 4.79 Å². The summed E-state index contributed by atoms with van der Waals surface area (Å²) in [5.41, 5.74) is 2.32. The van der Waals surface area contributed by atoms with E-state index in [1.54, 1.807) is 6.20 Å². The number of aromatic nitrogens is 2. The molecule has 21 heavy (non-hydrogen) atoms. The number of hydrogen-bond donors (Lipinski definition) is 1. The molecule has 1 aliphatic rings. The first-order valence-corrected chi connectivity index (χ1v) is 7.17. The van der Waals surface area contributed by atoms with Crippen molar-refractivity contribution in [3.63, 3.8) is 0 Å². The predicted molar refractivity (Wildman–Crippen MR) is 80.6 cm³/mol. The molecule has 0 saturated carbocycles. The molecular formula is C16H19N3O2. The third-order valence-corrected chi connectivity index (χ3v) is 4.11. The number of aliphatic carboxylic acids is 1. The fraction of sp³-hybridized carbons (Fsp3) is 0.375. The summed E-state index contributed by atoms with van der Waals surface area (Å²) in [6.45, 7) is 1.63. The van der Waals surface area contributed by atoms with Crippen molar-refractivity contribution in [2.24, 2.45) is 7.05 Å². The molecule has 5 heteroatoms. The molecule has 2 aromatic rings. The van der Waals surface area contributed by atoms with E-state index in [4.69, 9.17) is 5.11 Å². The molecule has 1 N–H and O–H groups in total. The first-order valence-electron chi connectivity index (χ1n) is 7.17. The fourth-order valence-electron chi connectivity index (χ4n) is 3.05. The molecule has 1 aliphatic heterocycles. The van der Waals surface area contributed by atoms with Crippen LogP contribution in [0.2, 0.25) is 0 Å². The number of carboxylic acid groups (broad SMARTS) is 1. The van der Waals surface area contributed by atoms with E-state index >= 15 is 0 Å². The summed E-state index contributed by atoms with van der Waals surface area (Å²) in [5.74, 6) is 0.398. The van der Waals surface area contributed by atoms with Crippen LogP contribution >= 0.6 is 0 Å². The zero-order valence-electron chi connectivity index (χ0n) is 12.1. The van der Waals surface area contributed by atoms with Crippen LogP contribution in [0.1, 0.15) is 23.7 Å². The third-order valence-electron chi connectivity index (χ3n) is 4.11. The Labute approximate surface area is 123 Å². The van der Waals surface area contributed by atoms with Gasteiger partial charge in [-0.05, 0) is 11.6 Å². The quantitative estimate of drug-likeness (QED) is 0.913. The van der Waals surface area contributed by atoms with E-state index in [9.17, 15) is 4.79 Å². The maximum absolute atomic E-state index is 11.0. The van der Waals surface area contributed by atoms with Crippen LogP contribution in [0.5, 0.6) is 0 Å². The lowest BCUT2D eigenvalue weighted by Crippen LogP contribution is -2.25. The van der Waals surface area contributed by atoms with Crippen LogP contribution in [0.25, 0.3) is 0 Å². The van der Waals surface area contributed by atoms with Gasteiger partial charge in [-0.2, -0.15) is 0 Å². The number of anilines is 1. The molecule has 0 saturated heterocycles. The summed E-state index contributed by atoms with van der Waals surface area (Å²) in [4.78, 5) is 17.6. The normalized spacial score (nSPS) is 17.0. The smallest absolute Gasteiger partial charge is 0.304 e. The Balaban J connectivity index is 1.75. The van der Waals surface area contributed by atoms with Crippen LogP contribution < -0.4 is 4.90 Å². The summed E-state index contributed by atoms with van der Waals surface area (Å²) in [6, 6.07) is 8.12. The van der Waals surface area contributed by atoms with Gasteiger partial charge < -0.3 is 14.6 Å². The Morgan fingerprint density at radius 1 is 1.43 bits per heavy atom. The molecule has 0 radical (unpaired) electrons. The summed E-state index contributed by atoms with van der Waals surface area (Å²) in [5, 5.41) is 9.07. The topological polar surface area (TPSA) is 58.4 Å². The molecule has 1 unspecified atom stereocenters. The number of para-hydroxylation sites is 1. The van der Waals surface area contributed by atoms with E-state index in [1.807, 2.05) is 36.0 Å². The lowest BCUT2D eigenvalue weighted by Gasteiger charge is -2.19. The minimum atomic E-state index is -0.735. The number of nitrogens with zero attached hydrogens (tertiary/aromatic N) is 3. The number of imidazole rings is 1. The molecule has 3 rings (SSSR count). The van der Waals surface area contributed by atoms with Gasteiger partial charge in [0, 0.05) is 50.6 Å². The monoisotopic (exact) mass is 285 g/mol. The Kier molecular flexibility index (Phi) is 3.64. The van der Waals surface area contributed by atoms with Crippen LogP contribution in [-0.4, -0.2) is 33.7 Å². The van der Waals surface area contributed by atoms with E-state index in [2.05, 4.69) is 16.0 Å². The standard InChI is InChI=1S/C16H19N3O2/c1-18-9-7-17-15(18)6-8-19-11-12(10-16(20)21)13-4-2-3-5-14(13)19/h2-5,7,9,12H,6,8,10-11H2,1H3,(H,20,21). The number of carboxylic acids is 1. The van der Waals surface area contributed by atoms with Crippen molar-refractivity contribution in [1.29, 1.82) is 0 Å². The number of aryl methyl sites for hydroxylation is 1. The summed E-state index contributed by atoms with van der Waals surface area (Å²) < 4.78 is 2.02. The molecule has 0 bridgehead atoms. The number of hydrogen-bond acceptors (Lipinski definition) is 3. The van der Waals surface area contributed by atoms with Gasteiger partial charge in [0.1, 0.15) is 5.82 Å². The Morgan fingerprint density at radius 2 is 2.24 bits per heavy atom. The first kappa shape index (κ1) is 13.7. The Bertz CT molecular complexity index is 650. The number of fused-ring (bicyclic) bond motifs is 1. The van der Waals surface area contributed by atoms with Crippen molar-refractivity contribution in [2.45, 2.75) is 18.8 Å². The number of benzene rings is 1. The zero-order chi connectivity index (χ0) is 14.8. The highest BCUT2D eigenvalue weighted by atomic mass is 16.4. The SMILES string of the molecule is Cn1ccnc1CCN1CC(CC(=O)O)c2ccccc21. The van der Waals surface area contributed by atoms with E-state index in [0.29, 0.717) is 0 Å². The van der Waals surface area contributed by atoms with E-state index in [1.165, 1.54) is 0 Å². The molecule has 1 aromatic carbocycles. The van der Waals surface area contributed by atoms with Gasteiger partial charge in [-0.1, -0.05) is 18.2 Å². The lowest BCUT2D eigenvalue weighted by molar-refractivity contribution is -0.137. The molecule has 0 spiro atoms. The van der Waals surface area contributed by atoms with E-state index in [-0.39, 0.29) is 12.3 Å². The van der Waals surface area contributed by atoms with Gasteiger partial charge in [0.05, 0.1) is 6.42 Å². The van der Waals surface area contributed by atoms with Crippen molar-refractivity contribution in [3.05, 3.63) is 48.0 Å². The third kappa shape index (κ3) is 2.77. The summed E-state index contributed by atoms with van der Waals surface area (Å²) in [6.07, 6.45) is 4.80. The highest BCUT2D eigenvalue weighted by molar-refractivity contribution is 5.71. The second-order valence-electron chi connectivity index (χ2n) is 5.50. The maximum atomic E-state index is 11.0. The van der Waals surface area contributed by atoms with Crippen molar-refractivity contribution in [2.75, 3.05) is 18.0 Å². The van der Waals surface area contributed by atoms with Gasteiger partial charge in [0.25, 0.3) is 0 Å². The lowest BCUT2D eigenvalue weighted by atomic mass is 9.98. The highest BCUT2D eigenvalue weighted by Crippen LogP contribution is 2.37. The molecule has 5 nitrogen and oxygen atoms in total. The van der Waals surface area contributed by atoms with Gasteiger partial charge in [-0.15, -0.1) is 0 Å². The zero-order valence-corrected chi connectivity index (χ0v) is 12.1. The predicted octanol–water partition coefficient (Wildman–Crippen LogP) is 2.04. The summed E-state index contributed by atoms with van der Waals surface area (Å²) in [7, 11) is 1.99. The summed E-state index contributed by atoms with van der Waals surface area (Å²) >= 11 is 0. The molecule has 1 atom stereocenters. The molecule has 110 valence electrons. The molecule has 0 aliphatic carbocycles. The van der Waals surface area contributed by atoms with Crippen LogP contribution in [0.15, 0.2) is 36.7 Å². The van der Waals surface area contributed by atoms with Gasteiger partial charge in [0.2, 0.25) is 0 Å². The average molecular weight is 285 g/mol. The molecular weight excluding hydrogens is 266 g/mol. The minimum Gasteiger partial charge on any atom is -0.481 e. The fourth-order valence-corrected chi connectivity index (χ4v) is 3.05. The van der Waals surface area contributed by atoms with E-state index < -0.39 is 5.97 Å². The average Bonchev–Trinajstić information content (AvgIpc) is 3.01. The van der Waals surface area contributed by atoms with Crippen molar-refractivity contribution < 1.29 is 9.90 Å². The highest BCUT2D eigenvalue weighted by Gasteiger charge is 2.29. The van der Waals surface area contributed by atoms with Gasteiger partial charge >= 0.3 is 5.97 Å². The van der Waals surface area contributed by atoms with Crippen molar-refractivity contribution in [1.82, 2.24) is 9.55 Å². The van der Waals surface area contributed by atoms with Crippen LogP contribution in [-0.2, 0) is 18.3 Å². The number of rotatable bonds is 5. The first-order chi connectivity index (χ1) is 10.1. The van der Waals surface area contributed by atoms with Gasteiger partial charge in [-0.25, -0.2) is 4.98 Å². The van der Waals surface area contributed by atoms with Crippen molar-refractivity contribution >= 4 is 11.7 Å². The van der Waals surface area contributed by atoms with Crippen LogP contribution in [0.4, 0.5) is 5.69 Å². The Hall–Kier alpha value is -2.30. The molecule has 1 aromatic heterocycles.